The van der Waals surface area contributed by atoms with Crippen LogP contribution in [0, 0.1) is 6.92 Å². The lowest BCUT2D eigenvalue weighted by molar-refractivity contribution is -0.136. The molecule has 1 aromatic heterocycles. The van der Waals surface area contributed by atoms with Crippen LogP contribution < -0.4 is 0 Å². The highest BCUT2D eigenvalue weighted by Crippen LogP contribution is 2.29. The molecule has 0 unspecified atom stereocenters. The summed E-state index contributed by atoms with van der Waals surface area (Å²) < 4.78 is 27.7. The number of nitrogens with zero attached hydrogens (tertiary/aromatic N) is 2. The third-order valence-corrected chi connectivity index (χ3v) is 7.19. The van der Waals surface area contributed by atoms with Crippen molar-refractivity contribution in [3.8, 4) is 11.3 Å². The van der Waals surface area contributed by atoms with Gasteiger partial charge >= 0.3 is 5.97 Å². The first-order valence-electron chi connectivity index (χ1n) is 10.5. The van der Waals surface area contributed by atoms with Crippen molar-refractivity contribution < 1.29 is 18.3 Å². The Balaban J connectivity index is 1.75. The van der Waals surface area contributed by atoms with E-state index in [4.69, 9.17) is 0 Å². The molecule has 0 atom stereocenters. The van der Waals surface area contributed by atoms with E-state index in [1.807, 2.05) is 54.6 Å². The van der Waals surface area contributed by atoms with Crippen LogP contribution in [0.15, 0.2) is 89.8 Å². The molecule has 0 amide bonds. The number of sulfone groups is 1. The van der Waals surface area contributed by atoms with E-state index in [1.165, 1.54) is 0 Å². The van der Waals surface area contributed by atoms with Gasteiger partial charge in [0.05, 0.1) is 35.0 Å². The number of hydrogen-bond acceptors (Lipinski definition) is 4. The molecule has 4 aromatic rings. The molecule has 168 valence electrons. The van der Waals surface area contributed by atoms with Gasteiger partial charge in [0.25, 0.3) is 0 Å². The number of aromatic nitrogens is 2. The second kappa shape index (κ2) is 9.42. The average Bonchev–Trinajstić information content (AvgIpc) is 3.10. The van der Waals surface area contributed by atoms with Crippen LogP contribution in [0.2, 0.25) is 0 Å². The van der Waals surface area contributed by atoms with E-state index in [0.29, 0.717) is 23.4 Å². The summed E-state index contributed by atoms with van der Waals surface area (Å²) in [6.45, 7) is 2.12. The van der Waals surface area contributed by atoms with E-state index < -0.39 is 15.8 Å². The number of carbonyl (C=O) groups is 1. The molecular weight excluding hydrogens is 436 g/mol. The van der Waals surface area contributed by atoms with Crippen molar-refractivity contribution in [3.05, 3.63) is 107 Å². The molecule has 0 saturated heterocycles. The van der Waals surface area contributed by atoms with Gasteiger partial charge in [-0.1, -0.05) is 72.8 Å². The number of carboxylic acid groups (broad SMARTS) is 1. The van der Waals surface area contributed by atoms with Crippen LogP contribution >= 0.6 is 0 Å². The lowest BCUT2D eigenvalue weighted by atomic mass is 10.0. The number of aliphatic carboxylic acids is 1. The van der Waals surface area contributed by atoms with Crippen LogP contribution in [0.5, 0.6) is 0 Å². The highest BCUT2D eigenvalue weighted by Gasteiger charge is 2.21. The lowest BCUT2D eigenvalue weighted by Gasteiger charge is -2.14. The SMILES string of the molecule is Cc1nn(Cc2ccccc2CS(=O)(=O)c2ccccc2)c(-c2ccccc2)c1CC(=O)O. The van der Waals surface area contributed by atoms with E-state index in [9.17, 15) is 18.3 Å². The van der Waals surface area contributed by atoms with Gasteiger partial charge < -0.3 is 5.11 Å². The Morgan fingerprint density at radius 3 is 2.09 bits per heavy atom. The molecule has 0 spiro atoms. The van der Waals surface area contributed by atoms with Gasteiger partial charge in [0.1, 0.15) is 0 Å². The Morgan fingerprint density at radius 1 is 0.879 bits per heavy atom. The van der Waals surface area contributed by atoms with Crippen LogP contribution in [0.3, 0.4) is 0 Å². The maximum absolute atomic E-state index is 13.0. The molecule has 4 rings (SSSR count). The summed E-state index contributed by atoms with van der Waals surface area (Å²) in [4.78, 5) is 11.8. The maximum atomic E-state index is 13.0. The van der Waals surface area contributed by atoms with Crippen LogP contribution in [0.25, 0.3) is 11.3 Å². The zero-order valence-electron chi connectivity index (χ0n) is 18.2. The third kappa shape index (κ3) is 5.04. The van der Waals surface area contributed by atoms with E-state index >= 15 is 0 Å². The van der Waals surface area contributed by atoms with Crippen molar-refractivity contribution in [3.63, 3.8) is 0 Å². The molecule has 0 saturated carbocycles. The lowest BCUT2D eigenvalue weighted by Crippen LogP contribution is -2.11. The van der Waals surface area contributed by atoms with Crippen LogP contribution in [-0.2, 0) is 33.4 Å². The van der Waals surface area contributed by atoms with Gasteiger partial charge in [0, 0.05) is 11.1 Å². The van der Waals surface area contributed by atoms with Crippen molar-refractivity contribution in [2.24, 2.45) is 0 Å². The predicted molar refractivity (Wildman–Crippen MR) is 127 cm³/mol. The first-order chi connectivity index (χ1) is 15.8. The summed E-state index contributed by atoms with van der Waals surface area (Å²) in [7, 11) is -3.52. The van der Waals surface area contributed by atoms with Gasteiger partial charge in [-0.2, -0.15) is 5.10 Å². The number of benzene rings is 3. The molecule has 0 fully saturated rings. The molecule has 3 aromatic carbocycles. The molecule has 0 radical (unpaired) electrons. The standard InChI is InChI=1S/C26H24N2O4S/c1-19-24(16-25(29)30)26(20-10-4-2-5-11-20)28(27-19)17-21-12-8-9-13-22(21)18-33(31,32)23-14-6-3-7-15-23/h2-15H,16-18H2,1H3,(H,29,30). The van der Waals surface area contributed by atoms with Crippen molar-refractivity contribution in [1.82, 2.24) is 9.78 Å². The van der Waals surface area contributed by atoms with Gasteiger partial charge in [-0.25, -0.2) is 8.42 Å². The Labute approximate surface area is 193 Å². The summed E-state index contributed by atoms with van der Waals surface area (Å²) in [5, 5.41) is 14.1. The number of aryl methyl sites for hydroxylation is 1. The summed E-state index contributed by atoms with van der Waals surface area (Å²) in [5.41, 5.74) is 4.40. The summed E-state index contributed by atoms with van der Waals surface area (Å²) in [6, 6.07) is 25.3. The van der Waals surface area contributed by atoms with Crippen LogP contribution in [-0.4, -0.2) is 29.3 Å². The van der Waals surface area contributed by atoms with Gasteiger partial charge in [-0.15, -0.1) is 0 Å². The fourth-order valence-corrected chi connectivity index (χ4v) is 5.37. The van der Waals surface area contributed by atoms with E-state index in [-0.39, 0.29) is 17.1 Å². The highest BCUT2D eigenvalue weighted by molar-refractivity contribution is 7.90. The highest BCUT2D eigenvalue weighted by atomic mass is 32.2. The monoisotopic (exact) mass is 460 g/mol. The average molecular weight is 461 g/mol. The summed E-state index contributed by atoms with van der Waals surface area (Å²) in [6.07, 6.45) is -0.139. The van der Waals surface area contributed by atoms with Crippen molar-refractivity contribution >= 4 is 15.8 Å². The van der Waals surface area contributed by atoms with Gasteiger partial charge in [0.15, 0.2) is 9.84 Å². The molecule has 1 heterocycles. The van der Waals surface area contributed by atoms with Crippen molar-refractivity contribution in [2.45, 2.75) is 30.5 Å². The number of carboxylic acids is 1. The zero-order valence-corrected chi connectivity index (χ0v) is 19.0. The molecule has 33 heavy (non-hydrogen) atoms. The minimum Gasteiger partial charge on any atom is -0.481 e. The molecule has 0 aliphatic rings. The van der Waals surface area contributed by atoms with Crippen molar-refractivity contribution in [1.29, 1.82) is 0 Å². The van der Waals surface area contributed by atoms with Gasteiger partial charge in [0.2, 0.25) is 0 Å². The van der Waals surface area contributed by atoms with E-state index in [2.05, 4.69) is 5.10 Å². The first-order valence-corrected chi connectivity index (χ1v) is 12.2. The molecular formula is C26H24N2O4S. The first kappa shape index (κ1) is 22.5. The number of rotatable bonds is 8. The Morgan fingerprint density at radius 2 is 1.45 bits per heavy atom. The van der Waals surface area contributed by atoms with E-state index in [0.717, 1.165) is 16.8 Å². The predicted octanol–water partition coefficient (Wildman–Crippen LogP) is 4.51. The molecule has 1 N–H and O–H groups in total. The zero-order chi connectivity index (χ0) is 23.4. The smallest absolute Gasteiger partial charge is 0.307 e. The molecule has 0 aliphatic heterocycles. The normalized spacial score (nSPS) is 11.4. The summed E-state index contributed by atoms with van der Waals surface area (Å²) >= 11 is 0. The third-order valence-electron chi connectivity index (χ3n) is 5.51. The minimum atomic E-state index is -3.52. The Hall–Kier alpha value is -3.71. The van der Waals surface area contributed by atoms with Crippen molar-refractivity contribution in [2.75, 3.05) is 0 Å². The minimum absolute atomic E-state index is 0.129. The fourth-order valence-electron chi connectivity index (χ4n) is 3.94. The quantitative estimate of drug-likeness (QED) is 0.418. The Bertz CT molecular complexity index is 1380. The van der Waals surface area contributed by atoms with E-state index in [1.54, 1.807) is 41.9 Å². The number of hydrogen-bond donors (Lipinski definition) is 1. The largest absolute Gasteiger partial charge is 0.481 e. The van der Waals surface area contributed by atoms with Gasteiger partial charge in [-0.3, -0.25) is 9.48 Å². The summed E-state index contributed by atoms with van der Waals surface area (Å²) in [5.74, 6) is -1.06. The topological polar surface area (TPSA) is 89.3 Å². The Kier molecular flexibility index (Phi) is 6.42. The molecule has 0 aliphatic carbocycles. The fraction of sp³-hybridized carbons (Fsp3) is 0.154. The second-order valence-corrected chi connectivity index (χ2v) is 9.84. The van der Waals surface area contributed by atoms with Gasteiger partial charge in [-0.05, 0) is 30.2 Å². The van der Waals surface area contributed by atoms with Crippen LogP contribution in [0.4, 0.5) is 0 Å². The molecule has 0 bridgehead atoms. The maximum Gasteiger partial charge on any atom is 0.307 e. The second-order valence-electron chi connectivity index (χ2n) is 7.85. The molecule has 6 nitrogen and oxygen atoms in total. The molecule has 7 heteroatoms. The van der Waals surface area contributed by atoms with Crippen LogP contribution in [0.1, 0.15) is 22.4 Å².